The number of nitrogens with zero attached hydrogens (tertiary/aromatic N) is 1. The fourth-order valence-electron chi connectivity index (χ4n) is 1.78. The first-order valence-electron chi connectivity index (χ1n) is 6.50. The van der Waals surface area contributed by atoms with Crippen LogP contribution >= 0.6 is 0 Å². The fraction of sp³-hybridized carbons (Fsp3) is 0.533. The molecule has 4 heteroatoms. The van der Waals surface area contributed by atoms with Gasteiger partial charge in [0.15, 0.2) is 0 Å². The van der Waals surface area contributed by atoms with Crippen molar-refractivity contribution in [2.45, 2.75) is 45.9 Å². The standard InChI is InChI=1S/C15H24N2O2/c1-11(2)19-13-8-6-12(7-9-13)10-17(5)14(18)15(3,4)16/h6-9,11H,10,16H2,1-5H3. The van der Waals surface area contributed by atoms with E-state index in [0.29, 0.717) is 6.54 Å². The van der Waals surface area contributed by atoms with Crippen LogP contribution in [0.2, 0.25) is 0 Å². The molecule has 0 radical (unpaired) electrons. The van der Waals surface area contributed by atoms with Crippen molar-refractivity contribution in [3.63, 3.8) is 0 Å². The molecule has 4 nitrogen and oxygen atoms in total. The van der Waals surface area contributed by atoms with Gasteiger partial charge in [-0.2, -0.15) is 0 Å². The number of benzene rings is 1. The first-order valence-corrected chi connectivity index (χ1v) is 6.50. The van der Waals surface area contributed by atoms with E-state index in [1.807, 2.05) is 38.1 Å². The molecular weight excluding hydrogens is 240 g/mol. The molecule has 19 heavy (non-hydrogen) atoms. The van der Waals surface area contributed by atoms with Gasteiger partial charge < -0.3 is 15.4 Å². The van der Waals surface area contributed by atoms with Crippen molar-refractivity contribution in [3.05, 3.63) is 29.8 Å². The van der Waals surface area contributed by atoms with E-state index < -0.39 is 5.54 Å². The number of hydrogen-bond acceptors (Lipinski definition) is 3. The lowest BCUT2D eigenvalue weighted by Gasteiger charge is -2.26. The van der Waals surface area contributed by atoms with Gasteiger partial charge in [-0.25, -0.2) is 0 Å². The molecule has 0 unspecified atom stereocenters. The Balaban J connectivity index is 2.65. The van der Waals surface area contributed by atoms with Crippen LogP contribution in [0.1, 0.15) is 33.3 Å². The van der Waals surface area contributed by atoms with Crippen LogP contribution in [0.15, 0.2) is 24.3 Å². The fourth-order valence-corrected chi connectivity index (χ4v) is 1.78. The number of likely N-dealkylation sites (N-methyl/N-ethyl adjacent to an activating group) is 1. The minimum absolute atomic E-state index is 0.0741. The summed E-state index contributed by atoms with van der Waals surface area (Å²) in [5.74, 6) is 0.766. The number of ether oxygens (including phenoxy) is 1. The molecule has 0 atom stereocenters. The zero-order chi connectivity index (χ0) is 14.6. The highest BCUT2D eigenvalue weighted by Crippen LogP contribution is 2.15. The topological polar surface area (TPSA) is 55.6 Å². The molecule has 0 saturated heterocycles. The van der Waals surface area contributed by atoms with Gasteiger partial charge in [-0.05, 0) is 45.4 Å². The van der Waals surface area contributed by atoms with Gasteiger partial charge in [-0.15, -0.1) is 0 Å². The predicted octanol–water partition coefficient (Wildman–Crippen LogP) is 2.17. The van der Waals surface area contributed by atoms with Crippen LogP contribution in [0.3, 0.4) is 0 Å². The van der Waals surface area contributed by atoms with E-state index in [1.165, 1.54) is 0 Å². The lowest BCUT2D eigenvalue weighted by molar-refractivity contribution is -0.134. The Morgan fingerprint density at radius 1 is 1.32 bits per heavy atom. The Morgan fingerprint density at radius 2 is 1.84 bits per heavy atom. The normalized spacial score (nSPS) is 11.5. The maximum atomic E-state index is 12.0. The highest BCUT2D eigenvalue weighted by Gasteiger charge is 2.25. The zero-order valence-corrected chi connectivity index (χ0v) is 12.4. The van der Waals surface area contributed by atoms with E-state index in [1.54, 1.807) is 25.8 Å². The van der Waals surface area contributed by atoms with Gasteiger partial charge >= 0.3 is 0 Å². The molecule has 0 aliphatic rings. The number of carbonyl (C=O) groups is 1. The molecule has 1 rings (SSSR count). The van der Waals surface area contributed by atoms with Gasteiger partial charge in [0.25, 0.3) is 0 Å². The van der Waals surface area contributed by atoms with Gasteiger partial charge in [-0.3, -0.25) is 4.79 Å². The Bertz CT molecular complexity index is 419. The summed E-state index contributed by atoms with van der Waals surface area (Å²) in [6.07, 6.45) is 0.160. The van der Waals surface area contributed by atoms with Crippen molar-refractivity contribution < 1.29 is 9.53 Å². The number of nitrogens with two attached hydrogens (primary N) is 1. The predicted molar refractivity (Wildman–Crippen MR) is 76.9 cm³/mol. The molecule has 106 valence electrons. The first kappa shape index (κ1) is 15.5. The maximum Gasteiger partial charge on any atom is 0.242 e. The molecule has 1 amide bonds. The SMILES string of the molecule is CC(C)Oc1ccc(CN(C)C(=O)C(C)(C)N)cc1. The minimum atomic E-state index is -0.838. The highest BCUT2D eigenvalue weighted by atomic mass is 16.5. The van der Waals surface area contributed by atoms with Crippen molar-refractivity contribution in [1.29, 1.82) is 0 Å². The zero-order valence-electron chi connectivity index (χ0n) is 12.4. The van der Waals surface area contributed by atoms with Gasteiger partial charge in [0, 0.05) is 13.6 Å². The number of hydrogen-bond donors (Lipinski definition) is 1. The average Bonchev–Trinajstić information content (AvgIpc) is 2.28. The van der Waals surface area contributed by atoms with Crippen LogP contribution in [-0.2, 0) is 11.3 Å². The lowest BCUT2D eigenvalue weighted by Crippen LogP contribution is -2.49. The van der Waals surface area contributed by atoms with Crippen molar-refractivity contribution in [2.24, 2.45) is 5.73 Å². The smallest absolute Gasteiger partial charge is 0.242 e. The molecule has 1 aromatic rings. The lowest BCUT2D eigenvalue weighted by atomic mass is 10.1. The number of amides is 1. The van der Waals surface area contributed by atoms with Crippen molar-refractivity contribution >= 4 is 5.91 Å². The Labute approximate surface area is 115 Å². The summed E-state index contributed by atoms with van der Waals surface area (Å²) < 4.78 is 5.58. The summed E-state index contributed by atoms with van der Waals surface area (Å²) in [6, 6.07) is 7.76. The summed E-state index contributed by atoms with van der Waals surface area (Å²) in [5.41, 5.74) is 6.02. The molecule has 0 aromatic heterocycles. The van der Waals surface area contributed by atoms with Gasteiger partial charge in [-0.1, -0.05) is 12.1 Å². The highest BCUT2D eigenvalue weighted by molar-refractivity contribution is 5.84. The summed E-state index contributed by atoms with van der Waals surface area (Å²) in [4.78, 5) is 13.6. The summed E-state index contributed by atoms with van der Waals surface area (Å²) >= 11 is 0. The molecule has 0 spiro atoms. The molecule has 0 heterocycles. The van der Waals surface area contributed by atoms with E-state index in [4.69, 9.17) is 10.5 Å². The van der Waals surface area contributed by atoms with Gasteiger partial charge in [0.05, 0.1) is 11.6 Å². The summed E-state index contributed by atoms with van der Waals surface area (Å²) in [6.45, 7) is 7.95. The van der Waals surface area contributed by atoms with E-state index in [2.05, 4.69) is 0 Å². The molecule has 2 N–H and O–H groups in total. The van der Waals surface area contributed by atoms with E-state index >= 15 is 0 Å². The van der Waals surface area contributed by atoms with Crippen molar-refractivity contribution in [1.82, 2.24) is 4.90 Å². The second-order valence-corrected chi connectivity index (χ2v) is 5.69. The monoisotopic (exact) mass is 264 g/mol. The Morgan fingerprint density at radius 3 is 2.26 bits per heavy atom. The third-order valence-electron chi connectivity index (χ3n) is 2.61. The molecular formula is C15H24N2O2. The van der Waals surface area contributed by atoms with E-state index in [0.717, 1.165) is 11.3 Å². The largest absolute Gasteiger partial charge is 0.491 e. The van der Waals surface area contributed by atoms with Crippen LogP contribution in [-0.4, -0.2) is 29.5 Å². The number of carbonyl (C=O) groups excluding carboxylic acids is 1. The van der Waals surface area contributed by atoms with Crippen molar-refractivity contribution in [3.8, 4) is 5.75 Å². The molecule has 0 aliphatic carbocycles. The average molecular weight is 264 g/mol. The van der Waals surface area contributed by atoms with Crippen LogP contribution in [0.4, 0.5) is 0 Å². The van der Waals surface area contributed by atoms with Crippen LogP contribution < -0.4 is 10.5 Å². The first-order chi connectivity index (χ1) is 8.70. The third kappa shape index (κ3) is 4.91. The quantitative estimate of drug-likeness (QED) is 0.886. The summed E-state index contributed by atoms with van der Waals surface area (Å²) in [7, 11) is 1.76. The van der Waals surface area contributed by atoms with Crippen molar-refractivity contribution in [2.75, 3.05) is 7.05 Å². The van der Waals surface area contributed by atoms with E-state index in [-0.39, 0.29) is 12.0 Å². The van der Waals surface area contributed by atoms with Crippen LogP contribution in [0.5, 0.6) is 5.75 Å². The minimum Gasteiger partial charge on any atom is -0.491 e. The summed E-state index contributed by atoms with van der Waals surface area (Å²) in [5, 5.41) is 0. The number of rotatable bonds is 5. The second kappa shape index (κ2) is 6.06. The molecule has 0 fully saturated rings. The van der Waals surface area contributed by atoms with E-state index in [9.17, 15) is 4.79 Å². The maximum absolute atomic E-state index is 12.0. The third-order valence-corrected chi connectivity index (χ3v) is 2.61. The Kier molecular flexibility index (Phi) is 4.95. The molecule has 0 bridgehead atoms. The Hall–Kier alpha value is -1.55. The van der Waals surface area contributed by atoms with Crippen LogP contribution in [0.25, 0.3) is 0 Å². The second-order valence-electron chi connectivity index (χ2n) is 5.69. The van der Waals surface area contributed by atoms with Crippen LogP contribution in [0, 0.1) is 0 Å². The molecule has 1 aromatic carbocycles. The van der Waals surface area contributed by atoms with Gasteiger partial charge in [0.2, 0.25) is 5.91 Å². The molecule has 0 aliphatic heterocycles. The molecule has 0 saturated carbocycles. The van der Waals surface area contributed by atoms with Gasteiger partial charge in [0.1, 0.15) is 5.75 Å².